The summed E-state index contributed by atoms with van der Waals surface area (Å²) in [6.45, 7) is 24.7. The lowest BCUT2D eigenvalue weighted by Crippen LogP contribution is -3.00. The lowest BCUT2D eigenvalue weighted by atomic mass is 10.0. The van der Waals surface area contributed by atoms with Crippen molar-refractivity contribution in [2.75, 3.05) is 6.61 Å². The summed E-state index contributed by atoms with van der Waals surface area (Å²) in [4.78, 5) is 0. The summed E-state index contributed by atoms with van der Waals surface area (Å²) in [5.74, 6) is 3.31. The van der Waals surface area contributed by atoms with Crippen molar-refractivity contribution < 1.29 is 77.0 Å². The van der Waals surface area contributed by atoms with Crippen LogP contribution in [0.2, 0.25) is 0 Å². The lowest BCUT2D eigenvalue weighted by molar-refractivity contribution is -0.00100. The van der Waals surface area contributed by atoms with Crippen molar-refractivity contribution in [3.8, 4) is 0 Å². The van der Waals surface area contributed by atoms with Crippen LogP contribution in [0.4, 0.5) is 0 Å². The minimum atomic E-state index is 0. The molecule has 0 aliphatic rings. The van der Waals surface area contributed by atoms with Crippen LogP contribution in [0.5, 0.6) is 0 Å². The third-order valence-electron chi connectivity index (χ3n) is 5.27. The van der Waals surface area contributed by atoms with E-state index in [9.17, 15) is 0 Å². The predicted molar refractivity (Wildman–Crippen MR) is 120 cm³/mol. The zero-order valence-corrected chi connectivity index (χ0v) is 27.7. The third kappa shape index (κ3) is 56.6. The van der Waals surface area contributed by atoms with Gasteiger partial charge in [-0.25, -0.2) is 0 Å². The van der Waals surface area contributed by atoms with Crippen LogP contribution in [0.1, 0.15) is 128 Å². The van der Waals surface area contributed by atoms with E-state index in [4.69, 9.17) is 5.11 Å². The zero-order valence-electron chi connectivity index (χ0n) is 21.3. The van der Waals surface area contributed by atoms with Gasteiger partial charge < -0.3 is 77.0 Å². The molecule has 1 nitrogen and oxygen atoms in total. The molecule has 0 aliphatic heterocycles. The van der Waals surface area contributed by atoms with Gasteiger partial charge >= 0.3 is 0 Å². The molecular formula is C24H56I3O-3. The molecule has 0 saturated carbocycles. The highest BCUT2D eigenvalue weighted by Crippen LogP contribution is 2.07. The van der Waals surface area contributed by atoms with Crippen LogP contribution >= 0.6 is 0 Å². The Morgan fingerprint density at radius 1 is 0.464 bits per heavy atom. The Bertz CT molecular complexity index is 169. The molecule has 0 saturated heterocycles. The molecule has 28 heavy (non-hydrogen) atoms. The van der Waals surface area contributed by atoms with Gasteiger partial charge in [0, 0.05) is 6.61 Å². The molecule has 0 spiro atoms. The van der Waals surface area contributed by atoms with E-state index in [1.807, 2.05) is 6.92 Å². The molecule has 0 unspecified atom stereocenters. The Balaban J connectivity index is -0.0000000406. The highest BCUT2D eigenvalue weighted by Gasteiger charge is 1.92. The van der Waals surface area contributed by atoms with E-state index >= 15 is 0 Å². The fourth-order valence-corrected chi connectivity index (χ4v) is 1.40. The van der Waals surface area contributed by atoms with E-state index in [-0.39, 0.29) is 71.9 Å². The molecule has 4 heteroatoms. The average molecular weight is 741 g/mol. The third-order valence-corrected chi connectivity index (χ3v) is 5.27. The number of halogens is 3. The first-order chi connectivity index (χ1) is 11.7. The monoisotopic (exact) mass is 741 g/mol. The van der Waals surface area contributed by atoms with Gasteiger partial charge in [-0.1, -0.05) is 128 Å². The number of aliphatic hydroxyl groups is 1. The molecule has 0 radical (unpaired) electrons. The van der Waals surface area contributed by atoms with Crippen molar-refractivity contribution >= 4 is 0 Å². The van der Waals surface area contributed by atoms with E-state index < -0.39 is 0 Å². The van der Waals surface area contributed by atoms with Gasteiger partial charge in [-0.15, -0.1) is 0 Å². The molecule has 0 aromatic heterocycles. The molecule has 182 valence electrons. The van der Waals surface area contributed by atoms with Crippen LogP contribution in [0.15, 0.2) is 0 Å². The molecule has 0 aromatic rings. The highest BCUT2D eigenvalue weighted by molar-refractivity contribution is 4.45. The predicted octanol–water partition coefficient (Wildman–Crippen LogP) is -0.246. The number of aliphatic hydroxyl groups excluding tert-OH is 1. The van der Waals surface area contributed by atoms with Gasteiger partial charge in [-0.2, -0.15) is 0 Å². The van der Waals surface area contributed by atoms with Crippen molar-refractivity contribution in [1.29, 1.82) is 0 Å². The standard InChI is InChI=1S/C7H16.2C6H14.C5H12O.3HI/c1-4-6-7(3)5-2;2*1-4-6(3)5-2;1-3-5(2)4-6;;;/h7H,4-6H2,1-3H3;2*6H,4-5H2,1-3H3;5-6H,3-4H2,1-2H3;3*1H/p-3/t7-;;;5-;;;/m1..1.../s1. The average Bonchev–Trinajstić information content (AvgIpc) is 2.67. The molecule has 0 fully saturated rings. The van der Waals surface area contributed by atoms with Crippen LogP contribution in [0.25, 0.3) is 0 Å². The summed E-state index contributed by atoms with van der Waals surface area (Å²) in [7, 11) is 0. The van der Waals surface area contributed by atoms with Gasteiger partial charge in [-0.3, -0.25) is 0 Å². The summed E-state index contributed by atoms with van der Waals surface area (Å²) in [6, 6.07) is 0. The van der Waals surface area contributed by atoms with Crippen LogP contribution in [0, 0.1) is 23.7 Å². The Labute approximate surface area is 232 Å². The number of hydrogen-bond donors (Lipinski definition) is 1. The van der Waals surface area contributed by atoms with E-state index in [2.05, 4.69) is 69.2 Å². The Morgan fingerprint density at radius 3 is 0.750 bits per heavy atom. The molecule has 1 N–H and O–H groups in total. The first kappa shape index (κ1) is 47.8. The summed E-state index contributed by atoms with van der Waals surface area (Å²) in [6.07, 6.45) is 10.5. The molecule has 0 bridgehead atoms. The molecular weight excluding hydrogens is 685 g/mol. The molecule has 0 heterocycles. The van der Waals surface area contributed by atoms with Gasteiger partial charge in [0.2, 0.25) is 0 Å². The van der Waals surface area contributed by atoms with E-state index in [0.717, 1.165) is 24.2 Å². The Morgan fingerprint density at radius 2 is 0.714 bits per heavy atom. The first-order valence-corrected chi connectivity index (χ1v) is 11.3. The maximum Gasteiger partial charge on any atom is 0.0456 e. The Hall–Kier alpha value is 2.15. The molecule has 0 aromatic carbocycles. The lowest BCUT2D eigenvalue weighted by Gasteiger charge is -2.02. The van der Waals surface area contributed by atoms with Crippen LogP contribution in [-0.4, -0.2) is 11.7 Å². The second kappa shape index (κ2) is 43.1. The quantitative estimate of drug-likeness (QED) is 0.324. The molecule has 0 rings (SSSR count). The van der Waals surface area contributed by atoms with Crippen molar-refractivity contribution in [3.63, 3.8) is 0 Å². The van der Waals surface area contributed by atoms with Crippen LogP contribution < -0.4 is 71.9 Å². The highest BCUT2D eigenvalue weighted by atomic mass is 127. The second-order valence-electron chi connectivity index (χ2n) is 7.84. The van der Waals surface area contributed by atoms with Crippen molar-refractivity contribution in [2.24, 2.45) is 23.7 Å². The van der Waals surface area contributed by atoms with E-state index in [1.54, 1.807) is 0 Å². The topological polar surface area (TPSA) is 20.2 Å². The molecule has 0 amide bonds. The normalized spacial score (nSPS) is 10.9. The SMILES string of the molecule is CCC(C)CC.CCC(C)CC.CCC[C@H](C)CC.CC[C@@H](C)CO.[I-].[I-].[I-]. The van der Waals surface area contributed by atoms with Crippen LogP contribution in [-0.2, 0) is 0 Å². The Kier molecular flexibility index (Phi) is 73.6. The summed E-state index contributed by atoms with van der Waals surface area (Å²) >= 11 is 0. The van der Waals surface area contributed by atoms with Gasteiger partial charge in [0.15, 0.2) is 0 Å². The van der Waals surface area contributed by atoms with E-state index in [0.29, 0.717) is 12.5 Å². The van der Waals surface area contributed by atoms with Gasteiger partial charge in [-0.05, 0) is 23.7 Å². The zero-order chi connectivity index (χ0) is 20.7. The van der Waals surface area contributed by atoms with Crippen LogP contribution in [0.3, 0.4) is 0 Å². The van der Waals surface area contributed by atoms with Crippen molar-refractivity contribution in [1.82, 2.24) is 0 Å². The minimum absolute atomic E-state index is 0. The van der Waals surface area contributed by atoms with Crippen molar-refractivity contribution in [3.05, 3.63) is 0 Å². The second-order valence-corrected chi connectivity index (χ2v) is 7.84. The van der Waals surface area contributed by atoms with Gasteiger partial charge in [0.05, 0.1) is 0 Å². The fraction of sp³-hybridized carbons (Fsp3) is 1.00. The fourth-order valence-electron chi connectivity index (χ4n) is 1.40. The maximum absolute atomic E-state index is 8.33. The number of rotatable bonds is 9. The molecule has 0 aliphatic carbocycles. The largest absolute Gasteiger partial charge is 1.00 e. The summed E-state index contributed by atoms with van der Waals surface area (Å²) < 4.78 is 0. The smallest absolute Gasteiger partial charge is 0.0456 e. The number of hydrogen-bond acceptors (Lipinski definition) is 1. The molecule has 2 atom stereocenters. The van der Waals surface area contributed by atoms with Gasteiger partial charge in [0.25, 0.3) is 0 Å². The summed E-state index contributed by atoms with van der Waals surface area (Å²) in [5.41, 5.74) is 0. The van der Waals surface area contributed by atoms with E-state index in [1.165, 1.54) is 44.9 Å². The van der Waals surface area contributed by atoms with Crippen molar-refractivity contribution in [2.45, 2.75) is 128 Å². The summed E-state index contributed by atoms with van der Waals surface area (Å²) in [5, 5.41) is 8.33. The first-order valence-electron chi connectivity index (χ1n) is 11.3. The maximum atomic E-state index is 8.33. The minimum Gasteiger partial charge on any atom is -1.00 e. The van der Waals surface area contributed by atoms with Gasteiger partial charge in [0.1, 0.15) is 0 Å².